The van der Waals surface area contributed by atoms with Crippen molar-refractivity contribution in [1.82, 2.24) is 0 Å². The largest absolute Gasteiger partial charge is 0.494 e. The topological polar surface area (TPSA) is 93.9 Å². The third-order valence-corrected chi connectivity index (χ3v) is 4.21. The van der Waals surface area contributed by atoms with Crippen LogP contribution in [0.15, 0.2) is 42.5 Å². The monoisotopic (exact) mass is 371 g/mol. The minimum atomic E-state index is -0.460. The number of nitro benzene ring substituents is 1. The van der Waals surface area contributed by atoms with Crippen LogP contribution in [0.1, 0.15) is 17.3 Å². The summed E-state index contributed by atoms with van der Waals surface area (Å²) in [6.07, 6.45) is 0. The maximum absolute atomic E-state index is 12.5. The molecule has 1 heterocycles. The Bertz CT molecular complexity index is 817. The summed E-state index contributed by atoms with van der Waals surface area (Å²) >= 11 is 0. The summed E-state index contributed by atoms with van der Waals surface area (Å²) in [7, 11) is 0. The highest BCUT2D eigenvalue weighted by atomic mass is 16.6. The summed E-state index contributed by atoms with van der Waals surface area (Å²) in [5.41, 5.74) is 1.23. The van der Waals surface area contributed by atoms with Crippen molar-refractivity contribution in [2.45, 2.75) is 6.92 Å². The van der Waals surface area contributed by atoms with Crippen LogP contribution in [-0.4, -0.2) is 43.7 Å². The number of benzene rings is 2. The van der Waals surface area contributed by atoms with Gasteiger partial charge in [0, 0.05) is 30.4 Å². The normalized spacial score (nSPS) is 13.9. The molecule has 1 aliphatic rings. The van der Waals surface area contributed by atoms with Gasteiger partial charge in [0.15, 0.2) is 0 Å². The molecule has 2 aromatic carbocycles. The molecule has 0 atom stereocenters. The highest BCUT2D eigenvalue weighted by Gasteiger charge is 2.23. The van der Waals surface area contributed by atoms with Crippen LogP contribution >= 0.6 is 0 Å². The molecule has 0 aromatic heterocycles. The highest BCUT2D eigenvalue weighted by Crippen LogP contribution is 2.30. The molecule has 0 bridgehead atoms. The molecule has 3 rings (SSSR count). The maximum atomic E-state index is 12.5. The molecule has 142 valence electrons. The average molecular weight is 371 g/mol. The zero-order chi connectivity index (χ0) is 19.2. The van der Waals surface area contributed by atoms with E-state index < -0.39 is 10.8 Å². The Balaban J connectivity index is 1.78. The van der Waals surface area contributed by atoms with Crippen LogP contribution in [-0.2, 0) is 4.74 Å². The summed E-state index contributed by atoms with van der Waals surface area (Å²) in [6.45, 7) is 4.67. The van der Waals surface area contributed by atoms with Crippen LogP contribution < -0.4 is 15.0 Å². The smallest absolute Gasteiger partial charge is 0.293 e. The van der Waals surface area contributed by atoms with Gasteiger partial charge in [-0.1, -0.05) is 0 Å². The second-order valence-electron chi connectivity index (χ2n) is 5.97. The van der Waals surface area contributed by atoms with Crippen LogP contribution in [0.25, 0.3) is 0 Å². The number of carbonyl (C=O) groups is 1. The lowest BCUT2D eigenvalue weighted by molar-refractivity contribution is -0.384. The molecule has 8 nitrogen and oxygen atoms in total. The fourth-order valence-corrected chi connectivity index (χ4v) is 2.89. The molecule has 27 heavy (non-hydrogen) atoms. The van der Waals surface area contributed by atoms with Crippen molar-refractivity contribution in [3.05, 3.63) is 58.1 Å². The minimum Gasteiger partial charge on any atom is -0.494 e. The van der Waals surface area contributed by atoms with Crippen molar-refractivity contribution in [3.63, 3.8) is 0 Å². The van der Waals surface area contributed by atoms with Gasteiger partial charge in [-0.25, -0.2) is 0 Å². The molecule has 0 spiro atoms. The summed E-state index contributed by atoms with van der Waals surface area (Å²) < 4.78 is 10.7. The van der Waals surface area contributed by atoms with Crippen molar-refractivity contribution < 1.29 is 19.2 Å². The number of hydrogen-bond donors (Lipinski definition) is 1. The van der Waals surface area contributed by atoms with Crippen molar-refractivity contribution in [1.29, 1.82) is 0 Å². The van der Waals surface area contributed by atoms with Crippen molar-refractivity contribution in [2.24, 2.45) is 0 Å². The lowest BCUT2D eigenvalue weighted by Crippen LogP contribution is -2.36. The van der Waals surface area contributed by atoms with E-state index in [0.29, 0.717) is 50.0 Å². The fourth-order valence-electron chi connectivity index (χ4n) is 2.89. The first kappa shape index (κ1) is 18.7. The first-order valence-corrected chi connectivity index (χ1v) is 8.74. The van der Waals surface area contributed by atoms with Crippen molar-refractivity contribution in [3.8, 4) is 5.75 Å². The maximum Gasteiger partial charge on any atom is 0.293 e. The molecule has 8 heteroatoms. The molecule has 1 amide bonds. The summed E-state index contributed by atoms with van der Waals surface area (Å²) in [5, 5.41) is 14.2. The number of nitro groups is 1. The van der Waals surface area contributed by atoms with Crippen molar-refractivity contribution in [2.75, 3.05) is 43.1 Å². The zero-order valence-corrected chi connectivity index (χ0v) is 15.0. The van der Waals surface area contributed by atoms with Crippen molar-refractivity contribution >= 4 is 23.0 Å². The van der Waals surface area contributed by atoms with E-state index >= 15 is 0 Å². The second kappa shape index (κ2) is 8.50. The Labute approximate surface area is 156 Å². The van der Waals surface area contributed by atoms with Gasteiger partial charge in [-0.15, -0.1) is 0 Å². The molecule has 0 radical (unpaired) electrons. The van der Waals surface area contributed by atoms with E-state index in [1.807, 2.05) is 11.8 Å². The predicted molar refractivity (Wildman–Crippen MR) is 102 cm³/mol. The van der Waals surface area contributed by atoms with Gasteiger partial charge in [-0.05, 0) is 43.3 Å². The molecule has 0 saturated carbocycles. The Morgan fingerprint density at radius 1 is 1.22 bits per heavy atom. The molecule has 1 fully saturated rings. The van der Waals surface area contributed by atoms with E-state index in [1.54, 1.807) is 36.4 Å². The van der Waals surface area contributed by atoms with Gasteiger partial charge < -0.3 is 19.7 Å². The quantitative estimate of drug-likeness (QED) is 0.619. The lowest BCUT2D eigenvalue weighted by Gasteiger charge is -2.28. The van der Waals surface area contributed by atoms with Gasteiger partial charge in [0.05, 0.1) is 24.7 Å². The Morgan fingerprint density at radius 3 is 2.56 bits per heavy atom. The molecular formula is C19H21N3O5. The molecule has 1 saturated heterocycles. The van der Waals surface area contributed by atoms with E-state index in [9.17, 15) is 14.9 Å². The van der Waals surface area contributed by atoms with Gasteiger partial charge in [-0.3, -0.25) is 14.9 Å². The second-order valence-corrected chi connectivity index (χ2v) is 5.97. The van der Waals surface area contributed by atoms with E-state index in [-0.39, 0.29) is 11.3 Å². The number of nitrogens with zero attached hydrogens (tertiary/aromatic N) is 2. The van der Waals surface area contributed by atoms with Gasteiger partial charge in [0.1, 0.15) is 11.4 Å². The van der Waals surface area contributed by atoms with Crippen LogP contribution in [0.4, 0.5) is 17.1 Å². The molecule has 0 aliphatic carbocycles. The third kappa shape index (κ3) is 4.53. The third-order valence-electron chi connectivity index (χ3n) is 4.21. The van der Waals surface area contributed by atoms with Gasteiger partial charge in [-0.2, -0.15) is 0 Å². The van der Waals surface area contributed by atoms with Crippen LogP contribution in [0.2, 0.25) is 0 Å². The molecule has 1 aliphatic heterocycles. The zero-order valence-electron chi connectivity index (χ0n) is 15.0. The number of hydrogen-bond acceptors (Lipinski definition) is 6. The summed E-state index contributed by atoms with van der Waals surface area (Å²) in [6, 6.07) is 11.5. The van der Waals surface area contributed by atoms with E-state index in [2.05, 4.69) is 5.32 Å². The molecule has 2 aromatic rings. The number of ether oxygens (including phenoxy) is 2. The number of carbonyl (C=O) groups excluding carboxylic acids is 1. The van der Waals surface area contributed by atoms with E-state index in [1.165, 1.54) is 6.07 Å². The van der Waals surface area contributed by atoms with E-state index in [4.69, 9.17) is 9.47 Å². The Hall–Kier alpha value is -3.13. The Kier molecular flexibility index (Phi) is 5.87. The SMILES string of the molecule is CCOc1ccc(NC(=O)c2ccc(N3CCOCC3)c([N+](=O)[O-])c2)cc1. The van der Waals surface area contributed by atoms with E-state index in [0.717, 1.165) is 0 Å². The minimum absolute atomic E-state index is 0.0868. The number of nitrogens with one attached hydrogen (secondary N) is 1. The molecule has 1 N–H and O–H groups in total. The van der Waals surface area contributed by atoms with Crippen LogP contribution in [0.5, 0.6) is 5.75 Å². The summed E-state index contributed by atoms with van der Waals surface area (Å²) in [4.78, 5) is 25.4. The fraction of sp³-hybridized carbons (Fsp3) is 0.316. The molecular weight excluding hydrogens is 350 g/mol. The molecule has 0 unspecified atom stereocenters. The Morgan fingerprint density at radius 2 is 1.93 bits per heavy atom. The average Bonchev–Trinajstić information content (AvgIpc) is 2.70. The van der Waals surface area contributed by atoms with Crippen LogP contribution in [0, 0.1) is 10.1 Å². The first-order chi connectivity index (χ1) is 13.1. The van der Waals surface area contributed by atoms with Gasteiger partial charge >= 0.3 is 0 Å². The predicted octanol–water partition coefficient (Wildman–Crippen LogP) is 3.08. The summed E-state index contributed by atoms with van der Waals surface area (Å²) in [5.74, 6) is 0.303. The highest BCUT2D eigenvalue weighted by molar-refractivity contribution is 6.05. The number of anilines is 2. The number of morpholine rings is 1. The van der Waals surface area contributed by atoms with Gasteiger partial charge in [0.25, 0.3) is 11.6 Å². The lowest BCUT2D eigenvalue weighted by atomic mass is 10.1. The number of amides is 1. The van der Waals surface area contributed by atoms with Crippen LogP contribution in [0.3, 0.4) is 0 Å². The standard InChI is InChI=1S/C19H21N3O5/c1-2-27-16-6-4-15(5-7-16)20-19(23)14-3-8-17(18(13-14)22(24)25)21-9-11-26-12-10-21/h3-8,13H,2,9-12H2,1H3,(H,20,23). The first-order valence-electron chi connectivity index (χ1n) is 8.74. The van der Waals surface area contributed by atoms with Gasteiger partial charge in [0.2, 0.25) is 0 Å². The number of rotatable bonds is 6.